The summed E-state index contributed by atoms with van der Waals surface area (Å²) in [4.78, 5) is 22.6. The Morgan fingerprint density at radius 1 is 1.29 bits per heavy atom. The molecule has 3 nitrogen and oxygen atoms in total. The molecule has 0 N–H and O–H groups in total. The molecule has 0 amide bonds. The molecule has 0 fully saturated rings. The van der Waals surface area contributed by atoms with Gasteiger partial charge in [-0.3, -0.25) is 4.79 Å². The van der Waals surface area contributed by atoms with E-state index in [4.69, 9.17) is 4.74 Å². The van der Waals surface area contributed by atoms with Crippen molar-refractivity contribution in [2.24, 2.45) is 5.92 Å². The third kappa shape index (κ3) is 3.47. The molecule has 0 spiro atoms. The highest BCUT2D eigenvalue weighted by Crippen LogP contribution is 2.30. The molecule has 2 rings (SSSR count). The van der Waals surface area contributed by atoms with Crippen LogP contribution in [0, 0.1) is 5.92 Å². The minimum atomic E-state index is -0.837. The zero-order chi connectivity index (χ0) is 15.1. The van der Waals surface area contributed by atoms with E-state index in [0.717, 1.165) is 6.26 Å². The Bertz CT molecular complexity index is 634. The van der Waals surface area contributed by atoms with E-state index in [0.29, 0.717) is 5.56 Å². The van der Waals surface area contributed by atoms with Crippen LogP contribution in [0.1, 0.15) is 17.3 Å². The summed E-state index contributed by atoms with van der Waals surface area (Å²) in [6, 6.07) is 9.00. The van der Waals surface area contributed by atoms with Crippen LogP contribution in [0.25, 0.3) is 0 Å². The molecular formula is C18H16O3. The second kappa shape index (κ2) is 6.69. The van der Waals surface area contributed by atoms with Crippen LogP contribution in [-0.2, 0) is 9.53 Å². The third-order valence-corrected chi connectivity index (χ3v) is 3.44. The fourth-order valence-electron chi connectivity index (χ4n) is 2.16. The van der Waals surface area contributed by atoms with Crippen LogP contribution < -0.4 is 0 Å². The first kappa shape index (κ1) is 14.8. The molecule has 0 aliphatic heterocycles. The zero-order valence-electron chi connectivity index (χ0n) is 11.7. The lowest BCUT2D eigenvalue weighted by Crippen LogP contribution is -2.34. The normalized spacial score (nSPS) is 23.8. The van der Waals surface area contributed by atoms with Crippen LogP contribution in [0.3, 0.4) is 0 Å². The summed E-state index contributed by atoms with van der Waals surface area (Å²) in [5.41, 5.74) is -0.228. The second-order valence-electron chi connectivity index (χ2n) is 4.80. The Balaban J connectivity index is 2.25. The van der Waals surface area contributed by atoms with Gasteiger partial charge in [-0.15, -0.1) is 0 Å². The summed E-state index contributed by atoms with van der Waals surface area (Å²) in [6.45, 7) is 1.95. The number of ether oxygens (including phenoxy) is 1. The maximum atomic E-state index is 12.1. The molecule has 0 heterocycles. The van der Waals surface area contributed by atoms with Crippen molar-refractivity contribution in [2.45, 2.75) is 12.5 Å². The first-order valence-corrected chi connectivity index (χ1v) is 6.70. The zero-order valence-corrected chi connectivity index (χ0v) is 11.7. The van der Waals surface area contributed by atoms with E-state index in [9.17, 15) is 9.59 Å². The van der Waals surface area contributed by atoms with E-state index < -0.39 is 5.60 Å². The van der Waals surface area contributed by atoms with Gasteiger partial charge in [-0.25, -0.2) is 4.79 Å². The van der Waals surface area contributed by atoms with Crippen molar-refractivity contribution >= 4 is 11.7 Å². The largest absolute Gasteiger partial charge is 0.475 e. The van der Waals surface area contributed by atoms with Gasteiger partial charge in [-0.2, -0.15) is 0 Å². The molecule has 2 unspecified atom stereocenters. The molecule has 3 heteroatoms. The number of carbonyl (C=O) groups excluding carboxylic acids is 2. The number of benzene rings is 1. The average Bonchev–Trinajstić information content (AvgIpc) is 2.53. The lowest BCUT2D eigenvalue weighted by Gasteiger charge is -2.32. The highest BCUT2D eigenvalue weighted by Gasteiger charge is 2.32. The highest BCUT2D eigenvalue weighted by atomic mass is 16.5. The summed E-state index contributed by atoms with van der Waals surface area (Å²) in [5, 5.41) is 0. The molecule has 1 aliphatic carbocycles. The molecule has 0 radical (unpaired) electrons. The predicted octanol–water partition coefficient (Wildman–Crippen LogP) is 3.29. The van der Waals surface area contributed by atoms with Crippen molar-refractivity contribution in [1.82, 2.24) is 0 Å². The molecule has 0 saturated heterocycles. The minimum Gasteiger partial charge on any atom is -0.475 e. The molecular weight excluding hydrogens is 264 g/mol. The van der Waals surface area contributed by atoms with Gasteiger partial charge in [0.25, 0.3) is 0 Å². The third-order valence-electron chi connectivity index (χ3n) is 3.44. The van der Waals surface area contributed by atoms with Crippen molar-refractivity contribution in [3.05, 3.63) is 78.6 Å². The highest BCUT2D eigenvalue weighted by molar-refractivity contribution is 6.04. The lowest BCUT2D eigenvalue weighted by molar-refractivity contribution is 0.0800. The Morgan fingerprint density at radius 2 is 2.05 bits per heavy atom. The summed E-state index contributed by atoms with van der Waals surface area (Å²) in [7, 11) is 0. The predicted molar refractivity (Wildman–Crippen MR) is 81.4 cm³/mol. The van der Waals surface area contributed by atoms with Gasteiger partial charge in [0, 0.05) is 11.5 Å². The Hall–Kier alpha value is -2.64. The Kier molecular flexibility index (Phi) is 4.70. The summed E-state index contributed by atoms with van der Waals surface area (Å²) < 4.78 is 5.49. The van der Waals surface area contributed by atoms with Gasteiger partial charge in [-0.1, -0.05) is 55.5 Å². The van der Waals surface area contributed by atoms with Gasteiger partial charge in [0.15, 0.2) is 23.6 Å². The number of hydrogen-bond donors (Lipinski definition) is 0. The van der Waals surface area contributed by atoms with Crippen LogP contribution in [0.4, 0.5) is 0 Å². The first-order chi connectivity index (χ1) is 10.2. The Morgan fingerprint density at radius 3 is 2.71 bits per heavy atom. The van der Waals surface area contributed by atoms with E-state index in [1.807, 2.05) is 49.4 Å². The van der Waals surface area contributed by atoms with Crippen molar-refractivity contribution in [3.8, 4) is 0 Å². The molecule has 1 aliphatic rings. The smallest absolute Gasteiger partial charge is 0.185 e. The van der Waals surface area contributed by atoms with Gasteiger partial charge >= 0.3 is 0 Å². The lowest BCUT2D eigenvalue weighted by atomic mass is 9.84. The van der Waals surface area contributed by atoms with Crippen LogP contribution in [0.2, 0.25) is 0 Å². The standard InChI is InChI=1S/C18H16O3/c1-15-7-5-6-11-18(15,21-14-13-19)12-10-17(20)16-8-3-2-4-9-16/h2-12,14-15H,1H3. The molecule has 1 aromatic carbocycles. The number of hydrogen-bond acceptors (Lipinski definition) is 3. The number of ketones is 1. The fraction of sp³-hybridized carbons (Fsp3) is 0.167. The van der Waals surface area contributed by atoms with Gasteiger partial charge in [0.1, 0.15) is 0 Å². The maximum Gasteiger partial charge on any atom is 0.185 e. The average molecular weight is 280 g/mol. The summed E-state index contributed by atoms with van der Waals surface area (Å²) >= 11 is 0. The maximum absolute atomic E-state index is 12.1. The van der Waals surface area contributed by atoms with E-state index in [1.54, 1.807) is 24.2 Å². The van der Waals surface area contributed by atoms with Gasteiger partial charge in [0.2, 0.25) is 0 Å². The quantitative estimate of drug-likeness (QED) is 0.360. The molecule has 0 saturated carbocycles. The monoisotopic (exact) mass is 280 g/mol. The van der Waals surface area contributed by atoms with Crippen LogP contribution in [-0.4, -0.2) is 17.3 Å². The molecule has 21 heavy (non-hydrogen) atoms. The van der Waals surface area contributed by atoms with E-state index in [-0.39, 0.29) is 11.7 Å². The van der Waals surface area contributed by atoms with Gasteiger partial charge in [-0.05, 0) is 18.2 Å². The van der Waals surface area contributed by atoms with Crippen molar-refractivity contribution in [3.63, 3.8) is 0 Å². The first-order valence-electron chi connectivity index (χ1n) is 6.70. The Labute approximate surface area is 123 Å². The van der Waals surface area contributed by atoms with E-state index >= 15 is 0 Å². The molecule has 0 aromatic heterocycles. The SMILES string of the molecule is CC1C=CC=CC1(C=CC(=O)c1ccccc1)OC=C=O. The van der Waals surface area contributed by atoms with Crippen molar-refractivity contribution in [1.29, 1.82) is 0 Å². The summed E-state index contributed by atoms with van der Waals surface area (Å²) in [5.74, 6) is 1.49. The van der Waals surface area contributed by atoms with Gasteiger partial charge in [0.05, 0.1) is 0 Å². The van der Waals surface area contributed by atoms with E-state index in [1.165, 1.54) is 6.08 Å². The molecule has 1 aromatic rings. The van der Waals surface area contributed by atoms with Gasteiger partial charge < -0.3 is 4.74 Å². The number of allylic oxidation sites excluding steroid dienone is 3. The topological polar surface area (TPSA) is 43.4 Å². The minimum absolute atomic E-state index is 0.00748. The van der Waals surface area contributed by atoms with Crippen LogP contribution in [0.5, 0.6) is 0 Å². The fourth-order valence-corrected chi connectivity index (χ4v) is 2.16. The van der Waals surface area contributed by atoms with E-state index in [2.05, 4.69) is 0 Å². The van der Waals surface area contributed by atoms with Crippen LogP contribution >= 0.6 is 0 Å². The summed E-state index contributed by atoms with van der Waals surface area (Å²) in [6.07, 6.45) is 11.7. The van der Waals surface area contributed by atoms with Crippen LogP contribution in [0.15, 0.2) is 73.1 Å². The number of carbonyl (C=O) groups is 1. The molecule has 2 atom stereocenters. The molecule has 0 bridgehead atoms. The van der Waals surface area contributed by atoms with Crippen molar-refractivity contribution < 1.29 is 14.3 Å². The number of rotatable bonds is 5. The molecule has 106 valence electrons. The second-order valence-corrected chi connectivity index (χ2v) is 4.80. The van der Waals surface area contributed by atoms with Crippen molar-refractivity contribution in [2.75, 3.05) is 0 Å².